The number of aliphatic hydroxyl groups is 1. The number of nitrogens with zero attached hydrogens (tertiary/aromatic N) is 3. The Morgan fingerprint density at radius 3 is 2.76 bits per heavy atom. The predicted octanol–water partition coefficient (Wildman–Crippen LogP) is 2.11. The Morgan fingerprint density at radius 1 is 1.48 bits per heavy atom. The molecule has 1 aromatic carbocycles. The standard InChI is InChI=1S/C14H17ClN4O2/c1-9-4-5-10(6-11(9)15)16-13(20)8-19-7-12(17-18-19)14(2,3)21/h4-7,21H,8H2,1-3H3,(H,16,20). The molecule has 0 spiro atoms. The van der Waals surface area contributed by atoms with Crippen molar-refractivity contribution >= 4 is 23.2 Å². The number of aryl methyl sites for hydroxylation is 1. The highest BCUT2D eigenvalue weighted by Gasteiger charge is 2.20. The third-order valence-electron chi connectivity index (χ3n) is 2.93. The lowest BCUT2D eigenvalue weighted by Crippen LogP contribution is -2.19. The number of hydrogen-bond donors (Lipinski definition) is 2. The second kappa shape index (κ2) is 5.83. The van der Waals surface area contributed by atoms with Crippen LogP contribution in [0.25, 0.3) is 0 Å². The van der Waals surface area contributed by atoms with E-state index >= 15 is 0 Å². The SMILES string of the molecule is Cc1ccc(NC(=O)Cn2cc(C(C)(C)O)nn2)cc1Cl. The molecule has 1 amide bonds. The van der Waals surface area contributed by atoms with Gasteiger partial charge in [-0.25, -0.2) is 4.68 Å². The number of anilines is 1. The van der Waals surface area contributed by atoms with Crippen LogP contribution in [0.4, 0.5) is 5.69 Å². The van der Waals surface area contributed by atoms with Crippen LogP contribution in [-0.2, 0) is 16.9 Å². The lowest BCUT2D eigenvalue weighted by Gasteiger charge is -2.11. The van der Waals surface area contributed by atoms with Crippen molar-refractivity contribution < 1.29 is 9.90 Å². The van der Waals surface area contributed by atoms with Crippen LogP contribution >= 0.6 is 11.6 Å². The summed E-state index contributed by atoms with van der Waals surface area (Å²) in [4.78, 5) is 11.9. The normalized spacial score (nSPS) is 11.5. The average Bonchev–Trinajstić information content (AvgIpc) is 2.82. The van der Waals surface area contributed by atoms with Gasteiger partial charge in [0, 0.05) is 10.7 Å². The zero-order chi connectivity index (χ0) is 15.6. The van der Waals surface area contributed by atoms with Crippen molar-refractivity contribution in [2.75, 3.05) is 5.32 Å². The minimum atomic E-state index is -1.08. The van der Waals surface area contributed by atoms with E-state index in [-0.39, 0.29) is 12.5 Å². The van der Waals surface area contributed by atoms with E-state index < -0.39 is 5.60 Å². The lowest BCUT2D eigenvalue weighted by atomic mass is 10.1. The number of aromatic nitrogens is 3. The fraction of sp³-hybridized carbons (Fsp3) is 0.357. The molecule has 0 aliphatic carbocycles. The van der Waals surface area contributed by atoms with Crippen molar-refractivity contribution in [3.8, 4) is 0 Å². The Labute approximate surface area is 127 Å². The van der Waals surface area contributed by atoms with Gasteiger partial charge in [0.05, 0.1) is 6.20 Å². The van der Waals surface area contributed by atoms with Crippen LogP contribution in [-0.4, -0.2) is 26.0 Å². The summed E-state index contributed by atoms with van der Waals surface area (Å²) in [5, 5.41) is 20.8. The molecule has 21 heavy (non-hydrogen) atoms. The highest BCUT2D eigenvalue weighted by Crippen LogP contribution is 2.20. The minimum Gasteiger partial charge on any atom is -0.384 e. The van der Waals surface area contributed by atoms with E-state index in [2.05, 4.69) is 15.6 Å². The molecular formula is C14H17ClN4O2. The molecule has 0 radical (unpaired) electrons. The number of carbonyl (C=O) groups is 1. The van der Waals surface area contributed by atoms with Gasteiger partial charge >= 0.3 is 0 Å². The third kappa shape index (κ3) is 4.03. The minimum absolute atomic E-state index is 0.00851. The molecule has 1 aromatic heterocycles. The van der Waals surface area contributed by atoms with Gasteiger partial charge in [0.2, 0.25) is 5.91 Å². The number of rotatable bonds is 4. The molecule has 6 nitrogen and oxygen atoms in total. The second-order valence-electron chi connectivity index (χ2n) is 5.37. The van der Waals surface area contributed by atoms with Gasteiger partial charge in [-0.05, 0) is 38.5 Å². The smallest absolute Gasteiger partial charge is 0.246 e. The van der Waals surface area contributed by atoms with Gasteiger partial charge in [-0.15, -0.1) is 5.10 Å². The summed E-state index contributed by atoms with van der Waals surface area (Å²) in [6.45, 7) is 5.11. The summed E-state index contributed by atoms with van der Waals surface area (Å²) < 4.78 is 1.37. The van der Waals surface area contributed by atoms with Crippen LogP contribution in [0.2, 0.25) is 5.02 Å². The fourth-order valence-electron chi connectivity index (χ4n) is 1.67. The molecule has 112 valence electrons. The maximum absolute atomic E-state index is 11.9. The van der Waals surface area contributed by atoms with Crippen LogP contribution in [0.1, 0.15) is 25.1 Å². The highest BCUT2D eigenvalue weighted by molar-refractivity contribution is 6.31. The van der Waals surface area contributed by atoms with Crippen molar-refractivity contribution in [2.45, 2.75) is 32.9 Å². The zero-order valence-electron chi connectivity index (χ0n) is 12.1. The summed E-state index contributed by atoms with van der Waals surface area (Å²) in [6, 6.07) is 5.31. The van der Waals surface area contributed by atoms with Crippen molar-refractivity contribution in [2.24, 2.45) is 0 Å². The molecule has 0 saturated heterocycles. The molecule has 2 rings (SSSR count). The van der Waals surface area contributed by atoms with Crippen LogP contribution in [0.5, 0.6) is 0 Å². The number of hydrogen-bond acceptors (Lipinski definition) is 4. The number of nitrogens with one attached hydrogen (secondary N) is 1. The summed E-state index contributed by atoms with van der Waals surface area (Å²) in [5.41, 5.74) is 0.895. The molecule has 1 heterocycles. The van der Waals surface area contributed by atoms with Gasteiger partial charge in [0.25, 0.3) is 0 Å². The Balaban J connectivity index is 2.01. The molecule has 0 saturated carbocycles. The van der Waals surface area contributed by atoms with Crippen LogP contribution in [0.15, 0.2) is 24.4 Å². The summed E-state index contributed by atoms with van der Waals surface area (Å²) in [6.07, 6.45) is 1.54. The van der Waals surface area contributed by atoms with E-state index in [4.69, 9.17) is 11.6 Å². The quantitative estimate of drug-likeness (QED) is 0.906. The van der Waals surface area contributed by atoms with Crippen molar-refractivity contribution in [1.29, 1.82) is 0 Å². The van der Waals surface area contributed by atoms with Gasteiger partial charge in [-0.3, -0.25) is 4.79 Å². The molecule has 0 aliphatic heterocycles. The van der Waals surface area contributed by atoms with Crippen LogP contribution in [0, 0.1) is 6.92 Å². The van der Waals surface area contributed by atoms with E-state index in [1.54, 1.807) is 32.2 Å². The van der Waals surface area contributed by atoms with Crippen molar-refractivity contribution in [3.05, 3.63) is 40.7 Å². The summed E-state index contributed by atoms with van der Waals surface area (Å²) in [7, 11) is 0. The topological polar surface area (TPSA) is 80.0 Å². The first kappa shape index (κ1) is 15.5. The van der Waals surface area contributed by atoms with E-state index in [0.29, 0.717) is 16.4 Å². The second-order valence-corrected chi connectivity index (χ2v) is 5.78. The number of halogens is 1. The molecule has 0 fully saturated rings. The molecular weight excluding hydrogens is 292 g/mol. The van der Waals surface area contributed by atoms with E-state index in [1.807, 2.05) is 13.0 Å². The van der Waals surface area contributed by atoms with Gasteiger partial charge in [0.15, 0.2) is 0 Å². The van der Waals surface area contributed by atoms with Crippen LogP contribution in [0.3, 0.4) is 0 Å². The Morgan fingerprint density at radius 2 is 2.19 bits per heavy atom. The first-order valence-electron chi connectivity index (χ1n) is 6.45. The highest BCUT2D eigenvalue weighted by atomic mass is 35.5. The third-order valence-corrected chi connectivity index (χ3v) is 3.33. The lowest BCUT2D eigenvalue weighted by molar-refractivity contribution is -0.116. The predicted molar refractivity (Wildman–Crippen MR) is 80.1 cm³/mol. The van der Waals surface area contributed by atoms with E-state index in [1.165, 1.54) is 4.68 Å². The summed E-state index contributed by atoms with van der Waals surface area (Å²) >= 11 is 6.00. The summed E-state index contributed by atoms with van der Waals surface area (Å²) in [5.74, 6) is -0.248. The average molecular weight is 309 g/mol. The monoisotopic (exact) mass is 308 g/mol. The van der Waals surface area contributed by atoms with E-state index in [0.717, 1.165) is 5.56 Å². The molecule has 0 unspecified atom stereocenters. The van der Waals surface area contributed by atoms with Crippen molar-refractivity contribution in [1.82, 2.24) is 15.0 Å². The van der Waals surface area contributed by atoms with E-state index in [9.17, 15) is 9.90 Å². The van der Waals surface area contributed by atoms with Gasteiger partial charge in [-0.1, -0.05) is 22.9 Å². The number of carbonyl (C=O) groups excluding carboxylic acids is 1. The Kier molecular flexibility index (Phi) is 4.29. The number of amides is 1. The molecule has 7 heteroatoms. The first-order valence-corrected chi connectivity index (χ1v) is 6.82. The van der Waals surface area contributed by atoms with Gasteiger partial charge < -0.3 is 10.4 Å². The maximum Gasteiger partial charge on any atom is 0.246 e. The number of benzene rings is 1. The molecule has 2 aromatic rings. The van der Waals surface area contributed by atoms with Crippen LogP contribution < -0.4 is 5.32 Å². The molecule has 0 bridgehead atoms. The Hall–Kier alpha value is -1.92. The van der Waals surface area contributed by atoms with Gasteiger partial charge in [0.1, 0.15) is 17.8 Å². The van der Waals surface area contributed by atoms with Gasteiger partial charge in [-0.2, -0.15) is 0 Å². The first-order chi connectivity index (χ1) is 9.75. The largest absolute Gasteiger partial charge is 0.384 e. The molecule has 2 N–H and O–H groups in total. The molecule has 0 aliphatic rings. The fourth-order valence-corrected chi connectivity index (χ4v) is 1.85. The zero-order valence-corrected chi connectivity index (χ0v) is 12.8. The van der Waals surface area contributed by atoms with Crippen molar-refractivity contribution in [3.63, 3.8) is 0 Å². The molecule has 0 atom stereocenters. The Bertz CT molecular complexity index is 661. The maximum atomic E-state index is 11.9.